The van der Waals surface area contributed by atoms with Crippen molar-refractivity contribution in [2.24, 2.45) is 0 Å². The number of aliphatic carboxylic acids is 1. The largest absolute Gasteiger partial charge is 0.479 e. The molecule has 1 amide bonds. The van der Waals surface area contributed by atoms with Crippen molar-refractivity contribution in [3.8, 4) is 0 Å². The van der Waals surface area contributed by atoms with E-state index in [0.717, 1.165) is 11.3 Å². The number of carbonyl (C=O) groups is 2. The number of benzene rings is 1. The fourth-order valence-electron chi connectivity index (χ4n) is 2.14. The molecule has 108 valence electrons. The average molecular weight is 295 g/mol. The molecule has 1 saturated heterocycles. The molecule has 1 aromatic rings. The smallest absolute Gasteiger partial charge is 0.330 e. The van der Waals surface area contributed by atoms with Crippen molar-refractivity contribution in [3.63, 3.8) is 0 Å². The molecule has 2 N–H and O–H groups in total. The van der Waals surface area contributed by atoms with Gasteiger partial charge in [0.2, 0.25) is 0 Å². The second-order valence-electron chi connectivity index (χ2n) is 4.78. The average Bonchev–Trinajstić information content (AvgIpc) is 2.89. The van der Waals surface area contributed by atoms with Crippen molar-refractivity contribution in [2.45, 2.75) is 18.6 Å². The predicted octanol–water partition coefficient (Wildman–Crippen LogP) is 1.52. The number of thioether (sulfide) groups is 1. The standard InChI is InChI=1S/C14H17NO4S/c1-19-8-10-3-2-4-11(7-10)12(16)15-14(13(17)18)5-6-20-9-14/h2-4,7H,5-6,8-9H2,1H3,(H,15,16)(H,17,18)/t14-/m1/s1. The number of methoxy groups -OCH3 is 1. The van der Waals surface area contributed by atoms with Crippen molar-refractivity contribution >= 4 is 23.6 Å². The Labute approximate surface area is 121 Å². The molecule has 0 saturated carbocycles. The summed E-state index contributed by atoms with van der Waals surface area (Å²) in [6, 6.07) is 7.02. The van der Waals surface area contributed by atoms with Crippen LogP contribution in [0.3, 0.4) is 0 Å². The Morgan fingerprint density at radius 1 is 1.50 bits per heavy atom. The van der Waals surface area contributed by atoms with Crippen LogP contribution in [0.2, 0.25) is 0 Å². The number of carboxylic acid groups (broad SMARTS) is 1. The van der Waals surface area contributed by atoms with Crippen molar-refractivity contribution < 1.29 is 19.4 Å². The van der Waals surface area contributed by atoms with Crippen LogP contribution < -0.4 is 5.32 Å². The van der Waals surface area contributed by atoms with E-state index in [2.05, 4.69) is 5.32 Å². The summed E-state index contributed by atoms with van der Waals surface area (Å²) in [5.41, 5.74) is 0.196. The molecule has 1 aliphatic heterocycles. The first kappa shape index (κ1) is 14.9. The van der Waals surface area contributed by atoms with Gasteiger partial charge < -0.3 is 15.2 Å². The molecule has 0 radical (unpaired) electrons. The van der Waals surface area contributed by atoms with E-state index in [1.807, 2.05) is 6.07 Å². The van der Waals surface area contributed by atoms with E-state index in [4.69, 9.17) is 4.74 Å². The topological polar surface area (TPSA) is 75.6 Å². The minimum atomic E-state index is -1.14. The molecule has 0 bridgehead atoms. The number of amides is 1. The highest BCUT2D eigenvalue weighted by Gasteiger charge is 2.43. The van der Waals surface area contributed by atoms with Crippen LogP contribution in [0.25, 0.3) is 0 Å². The summed E-state index contributed by atoms with van der Waals surface area (Å²) >= 11 is 1.54. The molecule has 0 spiro atoms. The maximum absolute atomic E-state index is 12.2. The zero-order chi connectivity index (χ0) is 14.6. The van der Waals surface area contributed by atoms with Crippen LogP contribution in [0.4, 0.5) is 0 Å². The molecule has 6 heteroatoms. The fourth-order valence-corrected chi connectivity index (χ4v) is 3.47. The van der Waals surface area contributed by atoms with E-state index in [1.165, 1.54) is 0 Å². The van der Waals surface area contributed by atoms with Gasteiger partial charge in [0.25, 0.3) is 5.91 Å². The highest BCUT2D eigenvalue weighted by Crippen LogP contribution is 2.28. The zero-order valence-corrected chi connectivity index (χ0v) is 12.0. The maximum atomic E-state index is 12.2. The molecule has 0 aliphatic carbocycles. The first-order valence-corrected chi connectivity index (χ1v) is 7.44. The maximum Gasteiger partial charge on any atom is 0.330 e. The van der Waals surface area contributed by atoms with Gasteiger partial charge in [-0.2, -0.15) is 11.8 Å². The summed E-state index contributed by atoms with van der Waals surface area (Å²) in [5.74, 6) is -0.168. The van der Waals surface area contributed by atoms with E-state index >= 15 is 0 Å². The fraction of sp³-hybridized carbons (Fsp3) is 0.429. The molecular weight excluding hydrogens is 278 g/mol. The minimum Gasteiger partial charge on any atom is -0.479 e. The van der Waals surface area contributed by atoms with Gasteiger partial charge >= 0.3 is 5.97 Å². The summed E-state index contributed by atoms with van der Waals surface area (Å²) in [6.45, 7) is 0.418. The van der Waals surface area contributed by atoms with E-state index in [-0.39, 0.29) is 5.91 Å². The molecule has 1 aromatic carbocycles. The van der Waals surface area contributed by atoms with E-state index in [1.54, 1.807) is 37.1 Å². The molecule has 1 fully saturated rings. The summed E-state index contributed by atoms with van der Waals surface area (Å²) in [4.78, 5) is 23.7. The molecule has 0 aromatic heterocycles. The molecule has 5 nitrogen and oxygen atoms in total. The third-order valence-corrected chi connectivity index (χ3v) is 4.47. The number of carbonyl (C=O) groups excluding carboxylic acids is 1. The first-order chi connectivity index (χ1) is 9.57. The second-order valence-corrected chi connectivity index (χ2v) is 5.88. The lowest BCUT2D eigenvalue weighted by molar-refractivity contribution is -0.143. The monoisotopic (exact) mass is 295 g/mol. The first-order valence-electron chi connectivity index (χ1n) is 6.29. The van der Waals surface area contributed by atoms with Gasteiger partial charge in [-0.3, -0.25) is 4.79 Å². The van der Waals surface area contributed by atoms with Gasteiger partial charge in [0.15, 0.2) is 0 Å². The number of rotatable bonds is 5. The van der Waals surface area contributed by atoms with Gasteiger partial charge in [-0.25, -0.2) is 4.79 Å². The van der Waals surface area contributed by atoms with Crippen molar-refractivity contribution in [3.05, 3.63) is 35.4 Å². The Bertz CT molecular complexity index is 512. The van der Waals surface area contributed by atoms with Gasteiger partial charge in [-0.05, 0) is 29.9 Å². The Hall–Kier alpha value is -1.53. The lowest BCUT2D eigenvalue weighted by atomic mass is 9.98. The second kappa shape index (κ2) is 6.28. The third kappa shape index (κ3) is 3.13. The van der Waals surface area contributed by atoms with Crippen LogP contribution in [0, 0.1) is 0 Å². The lowest BCUT2D eigenvalue weighted by Crippen LogP contribution is -2.54. The Morgan fingerprint density at radius 2 is 2.30 bits per heavy atom. The molecule has 1 heterocycles. The van der Waals surface area contributed by atoms with E-state index in [9.17, 15) is 14.7 Å². The van der Waals surface area contributed by atoms with Gasteiger partial charge in [0.1, 0.15) is 5.54 Å². The molecule has 0 unspecified atom stereocenters. The van der Waals surface area contributed by atoms with Gasteiger partial charge in [0.05, 0.1) is 6.61 Å². The highest BCUT2D eigenvalue weighted by molar-refractivity contribution is 7.99. The summed E-state index contributed by atoms with van der Waals surface area (Å²) in [5, 5.41) is 12.0. The Balaban J connectivity index is 2.15. The minimum absolute atomic E-state index is 0.354. The van der Waals surface area contributed by atoms with E-state index in [0.29, 0.717) is 24.3 Å². The molecular formula is C14H17NO4S. The number of ether oxygens (including phenoxy) is 1. The number of nitrogens with one attached hydrogen (secondary N) is 1. The van der Waals surface area contributed by atoms with Crippen LogP contribution >= 0.6 is 11.8 Å². The normalized spacial score (nSPS) is 21.6. The van der Waals surface area contributed by atoms with Crippen LogP contribution in [-0.2, 0) is 16.1 Å². The quantitative estimate of drug-likeness (QED) is 0.861. The van der Waals surface area contributed by atoms with Crippen LogP contribution in [-0.4, -0.2) is 41.1 Å². The number of carboxylic acids is 1. The lowest BCUT2D eigenvalue weighted by Gasteiger charge is -2.24. The van der Waals surface area contributed by atoms with Crippen molar-refractivity contribution in [1.82, 2.24) is 5.32 Å². The van der Waals surface area contributed by atoms with Gasteiger partial charge in [-0.15, -0.1) is 0 Å². The van der Waals surface area contributed by atoms with Crippen LogP contribution in [0.5, 0.6) is 0 Å². The van der Waals surface area contributed by atoms with Crippen LogP contribution in [0.15, 0.2) is 24.3 Å². The van der Waals surface area contributed by atoms with Gasteiger partial charge in [0, 0.05) is 18.4 Å². The van der Waals surface area contributed by atoms with E-state index < -0.39 is 11.5 Å². The Morgan fingerprint density at radius 3 is 2.90 bits per heavy atom. The number of hydrogen-bond donors (Lipinski definition) is 2. The van der Waals surface area contributed by atoms with Crippen molar-refractivity contribution in [2.75, 3.05) is 18.6 Å². The van der Waals surface area contributed by atoms with Crippen molar-refractivity contribution in [1.29, 1.82) is 0 Å². The summed E-state index contributed by atoms with van der Waals surface area (Å²) in [7, 11) is 1.59. The molecule has 2 rings (SSSR count). The zero-order valence-electron chi connectivity index (χ0n) is 11.2. The molecule has 20 heavy (non-hydrogen) atoms. The third-order valence-electron chi connectivity index (χ3n) is 3.28. The summed E-state index contributed by atoms with van der Waals surface area (Å²) < 4.78 is 5.02. The van der Waals surface area contributed by atoms with Gasteiger partial charge in [-0.1, -0.05) is 12.1 Å². The highest BCUT2D eigenvalue weighted by atomic mass is 32.2. The predicted molar refractivity (Wildman–Crippen MR) is 76.9 cm³/mol. The summed E-state index contributed by atoms with van der Waals surface area (Å²) in [6.07, 6.45) is 0.455. The molecule has 1 atom stereocenters. The Kier molecular flexibility index (Phi) is 4.67. The molecule has 1 aliphatic rings. The number of hydrogen-bond acceptors (Lipinski definition) is 4. The SMILES string of the molecule is COCc1cccc(C(=O)N[C@]2(C(=O)O)CCSC2)c1. The van der Waals surface area contributed by atoms with Crippen LogP contribution in [0.1, 0.15) is 22.3 Å².